The topological polar surface area (TPSA) is 87.9 Å². The van der Waals surface area contributed by atoms with Gasteiger partial charge < -0.3 is 9.05 Å². The molecule has 7 nitrogen and oxygen atoms in total. The zero-order valence-electron chi connectivity index (χ0n) is 12.0. The number of rotatable bonds is 6. The van der Waals surface area contributed by atoms with Gasteiger partial charge in [0.2, 0.25) is 0 Å². The average Bonchev–Trinajstić information content (AvgIpc) is 2.48. The van der Waals surface area contributed by atoms with Crippen LogP contribution in [0.4, 0.5) is 5.69 Å². The van der Waals surface area contributed by atoms with E-state index in [1.165, 1.54) is 25.3 Å². The standard InChI is InChI=1S/C14H14NO6P/c1-11-10-13(8-9-14(11)15(16)17)21-22(18,19-2)20-12-6-4-3-5-7-12/h3-10H,1-2H3. The van der Waals surface area contributed by atoms with Crippen LogP contribution in [0.3, 0.4) is 0 Å². The number of phosphoric ester groups is 1. The van der Waals surface area contributed by atoms with E-state index in [4.69, 9.17) is 13.6 Å². The van der Waals surface area contributed by atoms with Crippen molar-refractivity contribution in [2.75, 3.05) is 7.11 Å². The van der Waals surface area contributed by atoms with Crippen LogP contribution in [0.2, 0.25) is 0 Å². The maximum absolute atomic E-state index is 12.5. The SMILES string of the molecule is COP(=O)(Oc1ccccc1)Oc1ccc([N+](=O)[O-])c(C)c1. The fraction of sp³-hybridized carbons (Fsp3) is 0.143. The molecule has 0 aliphatic heterocycles. The summed E-state index contributed by atoms with van der Waals surface area (Å²) >= 11 is 0. The number of benzene rings is 2. The van der Waals surface area contributed by atoms with Gasteiger partial charge in [-0.3, -0.25) is 14.6 Å². The summed E-state index contributed by atoms with van der Waals surface area (Å²) in [6.07, 6.45) is 0. The van der Waals surface area contributed by atoms with Crippen LogP contribution in [0, 0.1) is 17.0 Å². The van der Waals surface area contributed by atoms with Crippen LogP contribution in [-0.2, 0) is 9.09 Å². The number of phosphoric acid groups is 1. The number of hydrogen-bond donors (Lipinski definition) is 0. The molecule has 0 radical (unpaired) electrons. The Morgan fingerprint density at radius 1 is 1.05 bits per heavy atom. The third kappa shape index (κ3) is 3.84. The smallest absolute Gasteiger partial charge is 0.395 e. The molecule has 0 amide bonds. The molecule has 1 unspecified atom stereocenters. The molecule has 0 aliphatic carbocycles. The Labute approximate surface area is 127 Å². The summed E-state index contributed by atoms with van der Waals surface area (Å²) in [5, 5.41) is 10.8. The van der Waals surface area contributed by atoms with Crippen molar-refractivity contribution in [3.05, 3.63) is 64.2 Å². The van der Waals surface area contributed by atoms with E-state index in [-0.39, 0.29) is 11.4 Å². The highest BCUT2D eigenvalue weighted by Gasteiger charge is 2.29. The van der Waals surface area contributed by atoms with Crippen LogP contribution in [0.1, 0.15) is 5.56 Å². The molecular weight excluding hydrogens is 309 g/mol. The van der Waals surface area contributed by atoms with Crippen LogP contribution in [0.5, 0.6) is 11.5 Å². The molecule has 0 saturated heterocycles. The van der Waals surface area contributed by atoms with Crippen LogP contribution in [0.15, 0.2) is 48.5 Å². The minimum atomic E-state index is -3.87. The quantitative estimate of drug-likeness (QED) is 0.451. The highest BCUT2D eigenvalue weighted by Crippen LogP contribution is 2.49. The van der Waals surface area contributed by atoms with Gasteiger partial charge >= 0.3 is 7.82 Å². The number of para-hydroxylation sites is 1. The zero-order valence-corrected chi connectivity index (χ0v) is 12.9. The van der Waals surface area contributed by atoms with Crippen molar-refractivity contribution < 1.29 is 23.1 Å². The van der Waals surface area contributed by atoms with Gasteiger partial charge in [-0.2, -0.15) is 0 Å². The molecule has 0 heterocycles. The molecule has 22 heavy (non-hydrogen) atoms. The number of nitro benzene ring substituents is 1. The van der Waals surface area contributed by atoms with Gasteiger partial charge in [0.1, 0.15) is 11.5 Å². The number of aryl methyl sites for hydroxylation is 1. The summed E-state index contributed by atoms with van der Waals surface area (Å²) in [6, 6.07) is 12.4. The molecule has 0 spiro atoms. The van der Waals surface area contributed by atoms with Crippen molar-refractivity contribution in [1.82, 2.24) is 0 Å². The van der Waals surface area contributed by atoms with Crippen molar-refractivity contribution in [3.63, 3.8) is 0 Å². The van der Waals surface area contributed by atoms with Crippen LogP contribution >= 0.6 is 7.82 Å². The molecule has 2 aromatic carbocycles. The van der Waals surface area contributed by atoms with Gasteiger partial charge in [0, 0.05) is 18.7 Å². The van der Waals surface area contributed by atoms with Gasteiger partial charge in [-0.25, -0.2) is 4.57 Å². The lowest BCUT2D eigenvalue weighted by molar-refractivity contribution is -0.385. The molecule has 0 N–H and O–H groups in total. The molecular formula is C14H14NO6P. The predicted molar refractivity (Wildman–Crippen MR) is 80.1 cm³/mol. The molecule has 1 atom stereocenters. The fourth-order valence-corrected chi connectivity index (χ4v) is 2.66. The largest absolute Gasteiger partial charge is 0.587 e. The summed E-state index contributed by atoms with van der Waals surface area (Å²) < 4.78 is 27.8. The van der Waals surface area contributed by atoms with Crippen LogP contribution < -0.4 is 9.05 Å². The summed E-state index contributed by atoms with van der Waals surface area (Å²) in [5.74, 6) is 0.482. The van der Waals surface area contributed by atoms with E-state index < -0.39 is 12.7 Å². The van der Waals surface area contributed by atoms with Crippen molar-refractivity contribution in [1.29, 1.82) is 0 Å². The van der Waals surface area contributed by atoms with Crippen molar-refractivity contribution in [2.24, 2.45) is 0 Å². The maximum Gasteiger partial charge on any atom is 0.587 e. The third-order valence-electron chi connectivity index (χ3n) is 2.77. The molecule has 116 valence electrons. The Kier molecular flexibility index (Phi) is 4.80. The van der Waals surface area contributed by atoms with E-state index in [0.717, 1.165) is 0 Å². The summed E-state index contributed by atoms with van der Waals surface area (Å²) in [7, 11) is -2.68. The van der Waals surface area contributed by atoms with E-state index in [1.54, 1.807) is 37.3 Å². The second kappa shape index (κ2) is 6.60. The van der Waals surface area contributed by atoms with Gasteiger partial charge in [-0.15, -0.1) is 0 Å². The highest BCUT2D eigenvalue weighted by atomic mass is 31.2. The molecule has 0 aliphatic rings. The van der Waals surface area contributed by atoms with E-state index in [2.05, 4.69) is 0 Å². The molecule has 0 fully saturated rings. The van der Waals surface area contributed by atoms with Crippen LogP contribution in [-0.4, -0.2) is 12.0 Å². The number of nitrogens with zero attached hydrogens (tertiary/aromatic N) is 1. The summed E-state index contributed by atoms with van der Waals surface area (Å²) in [4.78, 5) is 10.3. The Hall–Kier alpha value is -2.37. The molecule has 0 bridgehead atoms. The number of nitro groups is 1. The van der Waals surface area contributed by atoms with Gasteiger partial charge in [-0.1, -0.05) is 18.2 Å². The Bertz CT molecular complexity index is 719. The molecule has 8 heteroatoms. The lowest BCUT2D eigenvalue weighted by atomic mass is 10.2. The third-order valence-corrected chi connectivity index (χ3v) is 4.08. The summed E-state index contributed by atoms with van der Waals surface area (Å²) in [5.41, 5.74) is 0.327. The lowest BCUT2D eigenvalue weighted by Crippen LogP contribution is -2.03. The van der Waals surface area contributed by atoms with E-state index in [9.17, 15) is 14.7 Å². The van der Waals surface area contributed by atoms with Gasteiger partial charge in [0.05, 0.1) is 4.92 Å². The van der Waals surface area contributed by atoms with Gasteiger partial charge in [0.25, 0.3) is 5.69 Å². The first-order valence-corrected chi connectivity index (χ1v) is 7.74. The van der Waals surface area contributed by atoms with E-state index in [0.29, 0.717) is 11.3 Å². The van der Waals surface area contributed by atoms with E-state index in [1.807, 2.05) is 0 Å². The normalized spacial score (nSPS) is 13.2. The first-order valence-electron chi connectivity index (χ1n) is 6.28. The van der Waals surface area contributed by atoms with E-state index >= 15 is 0 Å². The Morgan fingerprint density at radius 2 is 1.68 bits per heavy atom. The Morgan fingerprint density at radius 3 is 2.23 bits per heavy atom. The minimum absolute atomic E-state index is 0.0522. The highest BCUT2D eigenvalue weighted by molar-refractivity contribution is 7.49. The van der Waals surface area contributed by atoms with Gasteiger partial charge in [0.15, 0.2) is 0 Å². The molecule has 0 aromatic heterocycles. The average molecular weight is 323 g/mol. The van der Waals surface area contributed by atoms with Crippen molar-refractivity contribution >= 4 is 13.5 Å². The lowest BCUT2D eigenvalue weighted by Gasteiger charge is -2.17. The van der Waals surface area contributed by atoms with Crippen molar-refractivity contribution in [2.45, 2.75) is 6.92 Å². The first kappa shape index (κ1) is 16.0. The molecule has 0 saturated carbocycles. The zero-order chi connectivity index (χ0) is 16.2. The summed E-state index contributed by atoms with van der Waals surface area (Å²) in [6.45, 7) is 1.56. The Balaban J connectivity index is 2.21. The molecule has 2 rings (SSSR count). The maximum atomic E-state index is 12.5. The van der Waals surface area contributed by atoms with Crippen LogP contribution in [0.25, 0.3) is 0 Å². The predicted octanol–water partition coefficient (Wildman–Crippen LogP) is 4.12. The second-order valence-electron chi connectivity index (χ2n) is 4.33. The monoisotopic (exact) mass is 323 g/mol. The minimum Gasteiger partial charge on any atom is -0.395 e. The first-order chi connectivity index (χ1) is 10.4. The fourth-order valence-electron chi connectivity index (χ4n) is 1.72. The molecule has 2 aromatic rings. The van der Waals surface area contributed by atoms with Crippen molar-refractivity contribution in [3.8, 4) is 11.5 Å². The number of hydrogen-bond acceptors (Lipinski definition) is 6. The van der Waals surface area contributed by atoms with Gasteiger partial charge in [-0.05, 0) is 31.2 Å². The second-order valence-corrected chi connectivity index (χ2v) is 5.96.